The normalized spacial score (nSPS) is 31.1. The molecule has 1 aromatic carbocycles. The average molecular weight is 226 g/mol. The number of piperidine rings is 3. The second kappa shape index (κ2) is 4.50. The van der Waals surface area contributed by atoms with Gasteiger partial charge in [0, 0.05) is 6.54 Å². The molecule has 3 aliphatic rings. The quantitative estimate of drug-likeness (QED) is 0.775. The summed E-state index contributed by atoms with van der Waals surface area (Å²) in [6.07, 6.45) is 3.26. The zero-order chi connectivity index (χ0) is 11.7. The lowest BCUT2D eigenvalue weighted by Crippen LogP contribution is -2.46. The highest BCUT2D eigenvalue weighted by molar-refractivity contribution is 5.28. The number of hydrogen-bond donors (Lipinski definition) is 0. The summed E-state index contributed by atoms with van der Waals surface area (Å²) in [4.78, 5) is 2.59. The first-order valence-corrected chi connectivity index (χ1v) is 6.55. The van der Waals surface area contributed by atoms with E-state index >= 15 is 0 Å². The van der Waals surface area contributed by atoms with E-state index in [2.05, 4.69) is 35.2 Å². The standard InChI is InChI=1S/C15H18N2/c16-8-5-12-1-3-13(4-2-12)15-11-17-9-6-14(15)7-10-17/h1-4,14-15H,5-7,9-11H2. The largest absolute Gasteiger partial charge is 0.303 e. The van der Waals surface area contributed by atoms with Gasteiger partial charge in [0.2, 0.25) is 0 Å². The highest BCUT2D eigenvalue weighted by Crippen LogP contribution is 2.38. The molecular weight excluding hydrogens is 208 g/mol. The summed E-state index contributed by atoms with van der Waals surface area (Å²) in [7, 11) is 0. The SMILES string of the molecule is N#CCc1ccc(C2CN3CCC2CC3)cc1. The van der Waals surface area contributed by atoms with Crippen LogP contribution in [0.2, 0.25) is 0 Å². The van der Waals surface area contributed by atoms with Crippen LogP contribution < -0.4 is 0 Å². The van der Waals surface area contributed by atoms with E-state index in [4.69, 9.17) is 5.26 Å². The van der Waals surface area contributed by atoms with Gasteiger partial charge in [-0.25, -0.2) is 0 Å². The summed E-state index contributed by atoms with van der Waals surface area (Å²) in [5.41, 5.74) is 2.61. The summed E-state index contributed by atoms with van der Waals surface area (Å²) in [5, 5.41) is 8.67. The fraction of sp³-hybridized carbons (Fsp3) is 0.533. The molecule has 2 nitrogen and oxygen atoms in total. The van der Waals surface area contributed by atoms with Gasteiger partial charge in [0.25, 0.3) is 0 Å². The lowest BCUT2D eigenvalue weighted by Gasteiger charge is -2.45. The molecule has 0 N–H and O–H groups in total. The van der Waals surface area contributed by atoms with E-state index in [9.17, 15) is 0 Å². The first-order chi connectivity index (χ1) is 8.36. The van der Waals surface area contributed by atoms with Crippen LogP contribution in [-0.4, -0.2) is 24.5 Å². The third-order valence-corrected chi connectivity index (χ3v) is 4.35. The molecule has 0 amide bonds. The van der Waals surface area contributed by atoms with Crippen molar-refractivity contribution in [2.45, 2.75) is 25.2 Å². The van der Waals surface area contributed by atoms with Crippen LogP contribution in [0.3, 0.4) is 0 Å². The Hall–Kier alpha value is -1.33. The van der Waals surface area contributed by atoms with Crippen LogP contribution in [0.25, 0.3) is 0 Å². The summed E-state index contributed by atoms with van der Waals surface area (Å²) in [6, 6.07) is 10.9. The van der Waals surface area contributed by atoms with Crippen LogP contribution in [0.4, 0.5) is 0 Å². The number of hydrogen-bond acceptors (Lipinski definition) is 2. The summed E-state index contributed by atoms with van der Waals surface area (Å²) >= 11 is 0. The van der Waals surface area contributed by atoms with Crippen molar-refractivity contribution in [1.82, 2.24) is 4.90 Å². The van der Waals surface area contributed by atoms with Gasteiger partial charge >= 0.3 is 0 Å². The molecule has 0 saturated carbocycles. The predicted molar refractivity (Wildman–Crippen MR) is 67.7 cm³/mol. The highest BCUT2D eigenvalue weighted by atomic mass is 15.1. The minimum atomic E-state index is 0.528. The molecule has 0 radical (unpaired) electrons. The van der Waals surface area contributed by atoms with Gasteiger partial charge in [-0.2, -0.15) is 5.26 Å². The van der Waals surface area contributed by atoms with Crippen molar-refractivity contribution in [2.24, 2.45) is 5.92 Å². The van der Waals surface area contributed by atoms with Gasteiger partial charge in [0.15, 0.2) is 0 Å². The minimum Gasteiger partial charge on any atom is -0.303 e. The van der Waals surface area contributed by atoms with Crippen molar-refractivity contribution in [3.05, 3.63) is 35.4 Å². The van der Waals surface area contributed by atoms with Gasteiger partial charge in [0.1, 0.15) is 0 Å². The Balaban J connectivity index is 1.78. The van der Waals surface area contributed by atoms with Crippen LogP contribution in [-0.2, 0) is 6.42 Å². The third-order valence-electron chi connectivity index (χ3n) is 4.35. The van der Waals surface area contributed by atoms with Crippen LogP contribution >= 0.6 is 0 Å². The molecule has 4 rings (SSSR count). The third kappa shape index (κ3) is 2.08. The lowest BCUT2D eigenvalue weighted by atomic mass is 9.75. The molecular formula is C15H18N2. The lowest BCUT2D eigenvalue weighted by molar-refractivity contribution is 0.0871. The second-order valence-electron chi connectivity index (χ2n) is 5.32. The van der Waals surface area contributed by atoms with Crippen molar-refractivity contribution in [3.63, 3.8) is 0 Å². The Kier molecular flexibility index (Phi) is 2.86. The Labute approximate surface area is 103 Å². The number of fused-ring (bicyclic) bond motifs is 3. The first kappa shape index (κ1) is 10.8. The number of nitriles is 1. The van der Waals surface area contributed by atoms with Crippen molar-refractivity contribution >= 4 is 0 Å². The zero-order valence-corrected chi connectivity index (χ0v) is 10.1. The number of benzene rings is 1. The van der Waals surface area contributed by atoms with Gasteiger partial charge in [-0.1, -0.05) is 24.3 Å². The average Bonchev–Trinajstić information content (AvgIpc) is 2.41. The number of nitrogens with zero attached hydrogens (tertiary/aromatic N) is 2. The molecule has 1 atom stereocenters. The number of rotatable bonds is 2. The minimum absolute atomic E-state index is 0.528. The molecule has 1 unspecified atom stereocenters. The van der Waals surface area contributed by atoms with Gasteiger partial charge in [0.05, 0.1) is 12.5 Å². The van der Waals surface area contributed by atoms with Crippen molar-refractivity contribution < 1.29 is 0 Å². The van der Waals surface area contributed by atoms with E-state index in [1.165, 1.54) is 38.0 Å². The highest BCUT2D eigenvalue weighted by Gasteiger charge is 2.34. The zero-order valence-electron chi connectivity index (χ0n) is 10.1. The van der Waals surface area contributed by atoms with E-state index in [-0.39, 0.29) is 0 Å². The molecule has 0 aliphatic carbocycles. The van der Waals surface area contributed by atoms with E-state index in [1.807, 2.05) is 0 Å². The Morgan fingerprint density at radius 3 is 2.41 bits per heavy atom. The van der Waals surface area contributed by atoms with E-state index < -0.39 is 0 Å². The molecule has 3 saturated heterocycles. The van der Waals surface area contributed by atoms with Gasteiger partial charge in [-0.05, 0) is 48.9 Å². The Bertz CT molecular complexity index is 421. The molecule has 17 heavy (non-hydrogen) atoms. The van der Waals surface area contributed by atoms with Gasteiger partial charge in [-0.15, -0.1) is 0 Å². The molecule has 3 fully saturated rings. The maximum absolute atomic E-state index is 8.67. The molecule has 88 valence electrons. The Morgan fingerprint density at radius 2 is 1.88 bits per heavy atom. The molecule has 2 heteroatoms. The van der Waals surface area contributed by atoms with Crippen LogP contribution in [0, 0.1) is 17.2 Å². The molecule has 3 aliphatic heterocycles. The van der Waals surface area contributed by atoms with E-state index in [1.54, 1.807) is 0 Å². The maximum atomic E-state index is 8.67. The van der Waals surface area contributed by atoms with Gasteiger partial charge < -0.3 is 4.90 Å². The molecule has 2 bridgehead atoms. The van der Waals surface area contributed by atoms with Crippen LogP contribution in [0.1, 0.15) is 29.9 Å². The first-order valence-electron chi connectivity index (χ1n) is 6.55. The van der Waals surface area contributed by atoms with E-state index in [0.717, 1.165) is 17.4 Å². The molecule has 1 aromatic rings. The van der Waals surface area contributed by atoms with Crippen molar-refractivity contribution in [1.29, 1.82) is 5.26 Å². The molecule has 3 heterocycles. The topological polar surface area (TPSA) is 27.0 Å². The van der Waals surface area contributed by atoms with Crippen LogP contribution in [0.5, 0.6) is 0 Å². The smallest absolute Gasteiger partial charge is 0.0669 e. The molecule has 0 aromatic heterocycles. The fourth-order valence-electron chi connectivity index (χ4n) is 3.32. The van der Waals surface area contributed by atoms with Crippen molar-refractivity contribution in [2.75, 3.05) is 19.6 Å². The maximum Gasteiger partial charge on any atom is 0.0669 e. The Morgan fingerprint density at radius 1 is 1.18 bits per heavy atom. The van der Waals surface area contributed by atoms with Crippen LogP contribution in [0.15, 0.2) is 24.3 Å². The summed E-state index contributed by atoms with van der Waals surface area (Å²) < 4.78 is 0. The second-order valence-corrected chi connectivity index (χ2v) is 5.32. The summed E-state index contributed by atoms with van der Waals surface area (Å²) in [5.74, 6) is 1.62. The van der Waals surface area contributed by atoms with E-state index in [0.29, 0.717) is 6.42 Å². The van der Waals surface area contributed by atoms with Gasteiger partial charge in [-0.3, -0.25) is 0 Å². The fourth-order valence-corrected chi connectivity index (χ4v) is 3.32. The predicted octanol–water partition coefficient (Wildman–Crippen LogP) is 2.56. The monoisotopic (exact) mass is 226 g/mol. The van der Waals surface area contributed by atoms with Crippen molar-refractivity contribution in [3.8, 4) is 6.07 Å². The summed E-state index contributed by atoms with van der Waals surface area (Å²) in [6.45, 7) is 3.84. The molecule has 0 spiro atoms.